The van der Waals surface area contributed by atoms with Crippen molar-refractivity contribution >= 4 is 11.8 Å². The minimum absolute atomic E-state index is 0.0113. The summed E-state index contributed by atoms with van der Waals surface area (Å²) in [5.74, 6) is -0.644. The summed E-state index contributed by atoms with van der Waals surface area (Å²) in [6, 6.07) is -0.130. The third-order valence-electron chi connectivity index (χ3n) is 2.43. The molecule has 100 valence electrons. The molecular weight excluding hydrogens is 222 g/mol. The molecule has 0 aromatic carbocycles. The number of aliphatic hydroxyl groups is 1. The van der Waals surface area contributed by atoms with Gasteiger partial charge in [0.05, 0.1) is 13.1 Å². The molecule has 0 fully saturated rings. The molecule has 17 heavy (non-hydrogen) atoms. The molecule has 0 saturated heterocycles. The van der Waals surface area contributed by atoms with Gasteiger partial charge in [-0.05, 0) is 11.8 Å². The Hall–Kier alpha value is -1.14. The Bertz CT molecular complexity index is 261. The average Bonchev–Trinajstić information content (AvgIpc) is 2.24. The third-order valence-corrected chi connectivity index (χ3v) is 2.43. The van der Waals surface area contributed by atoms with Gasteiger partial charge in [0.15, 0.2) is 0 Å². The van der Waals surface area contributed by atoms with E-state index in [-0.39, 0.29) is 43.0 Å². The van der Waals surface area contributed by atoms with Crippen LogP contribution in [0.3, 0.4) is 0 Å². The maximum atomic E-state index is 11.5. The van der Waals surface area contributed by atoms with Crippen LogP contribution in [-0.2, 0) is 9.59 Å². The number of rotatable bonds is 6. The first-order chi connectivity index (χ1) is 7.81. The van der Waals surface area contributed by atoms with Crippen LogP contribution >= 0.6 is 0 Å². The Morgan fingerprint density at radius 2 is 1.88 bits per heavy atom. The lowest BCUT2D eigenvalue weighted by Crippen LogP contribution is -2.48. The fourth-order valence-electron chi connectivity index (χ4n) is 1.35. The molecule has 6 heteroatoms. The van der Waals surface area contributed by atoms with E-state index >= 15 is 0 Å². The highest BCUT2D eigenvalue weighted by molar-refractivity contribution is 5.85. The van der Waals surface area contributed by atoms with Crippen LogP contribution in [0, 0.1) is 5.41 Å². The zero-order valence-corrected chi connectivity index (χ0v) is 10.7. The lowest BCUT2D eigenvalue weighted by molar-refractivity contribution is -0.126. The zero-order chi connectivity index (χ0) is 13.5. The number of nitrogens with two attached hydrogens (primary N) is 1. The average molecular weight is 245 g/mol. The first-order valence-corrected chi connectivity index (χ1v) is 5.68. The molecule has 1 atom stereocenters. The lowest BCUT2D eigenvalue weighted by Gasteiger charge is -2.31. The SMILES string of the molecule is CC(C)(C)C(CCO)NC(=O)CNC(=O)CN. The van der Waals surface area contributed by atoms with Crippen LogP contribution in [0.2, 0.25) is 0 Å². The van der Waals surface area contributed by atoms with Gasteiger partial charge in [-0.2, -0.15) is 0 Å². The summed E-state index contributed by atoms with van der Waals surface area (Å²) in [6.07, 6.45) is 0.486. The van der Waals surface area contributed by atoms with Gasteiger partial charge in [-0.25, -0.2) is 0 Å². The van der Waals surface area contributed by atoms with Crippen molar-refractivity contribution in [2.45, 2.75) is 33.2 Å². The maximum absolute atomic E-state index is 11.5. The summed E-state index contributed by atoms with van der Waals surface area (Å²) in [7, 11) is 0. The normalized spacial score (nSPS) is 13.0. The molecule has 0 aliphatic rings. The number of carbonyl (C=O) groups excluding carboxylic acids is 2. The van der Waals surface area contributed by atoms with Gasteiger partial charge in [0, 0.05) is 12.6 Å². The minimum atomic E-state index is -0.366. The Morgan fingerprint density at radius 1 is 1.29 bits per heavy atom. The number of nitrogens with one attached hydrogen (secondary N) is 2. The first-order valence-electron chi connectivity index (χ1n) is 5.68. The number of amides is 2. The topological polar surface area (TPSA) is 104 Å². The molecular formula is C11H23N3O3. The molecule has 0 saturated carbocycles. The van der Waals surface area contributed by atoms with Crippen molar-refractivity contribution < 1.29 is 14.7 Å². The number of hydrogen-bond acceptors (Lipinski definition) is 4. The third kappa shape index (κ3) is 6.91. The lowest BCUT2D eigenvalue weighted by atomic mass is 9.85. The summed E-state index contributed by atoms with van der Waals surface area (Å²) < 4.78 is 0. The van der Waals surface area contributed by atoms with Crippen molar-refractivity contribution in [1.29, 1.82) is 0 Å². The van der Waals surface area contributed by atoms with Gasteiger partial charge in [-0.1, -0.05) is 20.8 Å². The van der Waals surface area contributed by atoms with Crippen molar-refractivity contribution in [2.24, 2.45) is 11.1 Å². The van der Waals surface area contributed by atoms with E-state index in [4.69, 9.17) is 10.8 Å². The molecule has 0 aromatic rings. The molecule has 6 nitrogen and oxygen atoms in total. The van der Waals surface area contributed by atoms with Crippen molar-refractivity contribution in [3.8, 4) is 0 Å². The van der Waals surface area contributed by atoms with Crippen molar-refractivity contribution in [1.82, 2.24) is 10.6 Å². The van der Waals surface area contributed by atoms with E-state index in [9.17, 15) is 9.59 Å². The second kappa shape index (κ2) is 7.24. The number of hydrogen-bond donors (Lipinski definition) is 4. The highest BCUT2D eigenvalue weighted by Gasteiger charge is 2.25. The predicted octanol–water partition coefficient (Wildman–Crippen LogP) is -1.03. The Kier molecular flexibility index (Phi) is 6.75. The van der Waals surface area contributed by atoms with Gasteiger partial charge in [-0.15, -0.1) is 0 Å². The van der Waals surface area contributed by atoms with E-state index in [2.05, 4.69) is 10.6 Å². The number of aliphatic hydroxyl groups excluding tert-OH is 1. The fourth-order valence-corrected chi connectivity index (χ4v) is 1.35. The molecule has 0 aliphatic carbocycles. The van der Waals surface area contributed by atoms with Crippen molar-refractivity contribution in [2.75, 3.05) is 19.7 Å². The first kappa shape index (κ1) is 15.9. The molecule has 0 radical (unpaired) electrons. The summed E-state index contributed by atoms with van der Waals surface area (Å²) in [5.41, 5.74) is 4.96. The molecule has 0 heterocycles. The fraction of sp³-hybridized carbons (Fsp3) is 0.818. The van der Waals surface area contributed by atoms with E-state index < -0.39 is 0 Å². The molecule has 5 N–H and O–H groups in total. The standard InChI is InChI=1S/C11H23N3O3/c1-11(2,3)8(4-5-15)14-10(17)7-13-9(16)6-12/h8,15H,4-7,12H2,1-3H3,(H,13,16)(H,14,17). The van der Waals surface area contributed by atoms with Crippen LogP contribution in [0.5, 0.6) is 0 Å². The molecule has 2 amide bonds. The highest BCUT2D eigenvalue weighted by Crippen LogP contribution is 2.21. The zero-order valence-electron chi connectivity index (χ0n) is 10.7. The highest BCUT2D eigenvalue weighted by atomic mass is 16.3. The summed E-state index contributed by atoms with van der Waals surface area (Å²) in [5, 5.41) is 14.1. The van der Waals surface area contributed by atoms with Crippen LogP contribution in [0.1, 0.15) is 27.2 Å². The summed E-state index contributed by atoms with van der Waals surface area (Å²) >= 11 is 0. The second-order valence-corrected chi connectivity index (χ2v) is 4.98. The summed E-state index contributed by atoms with van der Waals surface area (Å²) in [4.78, 5) is 22.4. The van der Waals surface area contributed by atoms with Gasteiger partial charge >= 0.3 is 0 Å². The maximum Gasteiger partial charge on any atom is 0.239 e. The largest absolute Gasteiger partial charge is 0.396 e. The van der Waals surface area contributed by atoms with E-state index in [1.807, 2.05) is 20.8 Å². The van der Waals surface area contributed by atoms with Gasteiger partial charge < -0.3 is 21.5 Å². The van der Waals surface area contributed by atoms with Crippen LogP contribution < -0.4 is 16.4 Å². The van der Waals surface area contributed by atoms with Crippen LogP contribution in [-0.4, -0.2) is 42.7 Å². The Labute approximate surface area is 102 Å². The van der Waals surface area contributed by atoms with E-state index in [0.29, 0.717) is 6.42 Å². The Morgan fingerprint density at radius 3 is 2.29 bits per heavy atom. The van der Waals surface area contributed by atoms with Gasteiger partial charge in [-0.3, -0.25) is 9.59 Å². The molecule has 0 spiro atoms. The molecule has 0 rings (SSSR count). The van der Waals surface area contributed by atoms with Crippen molar-refractivity contribution in [3.05, 3.63) is 0 Å². The number of carbonyl (C=O) groups is 2. The quantitative estimate of drug-likeness (QED) is 0.480. The minimum Gasteiger partial charge on any atom is -0.396 e. The van der Waals surface area contributed by atoms with Crippen LogP contribution in [0.4, 0.5) is 0 Å². The smallest absolute Gasteiger partial charge is 0.239 e. The van der Waals surface area contributed by atoms with Gasteiger partial charge in [0.2, 0.25) is 11.8 Å². The van der Waals surface area contributed by atoms with Crippen LogP contribution in [0.15, 0.2) is 0 Å². The predicted molar refractivity (Wildman–Crippen MR) is 65.2 cm³/mol. The Balaban J connectivity index is 4.18. The molecule has 0 bridgehead atoms. The van der Waals surface area contributed by atoms with Gasteiger partial charge in [0.25, 0.3) is 0 Å². The monoisotopic (exact) mass is 245 g/mol. The second-order valence-electron chi connectivity index (χ2n) is 4.98. The summed E-state index contributed by atoms with van der Waals surface area (Å²) in [6.45, 7) is 5.72. The van der Waals surface area contributed by atoms with Crippen molar-refractivity contribution in [3.63, 3.8) is 0 Å². The van der Waals surface area contributed by atoms with E-state index in [0.717, 1.165) is 0 Å². The molecule has 0 aliphatic heterocycles. The van der Waals surface area contributed by atoms with E-state index in [1.54, 1.807) is 0 Å². The molecule has 0 aromatic heterocycles. The van der Waals surface area contributed by atoms with E-state index in [1.165, 1.54) is 0 Å². The van der Waals surface area contributed by atoms with Gasteiger partial charge in [0.1, 0.15) is 0 Å². The van der Waals surface area contributed by atoms with Crippen LogP contribution in [0.25, 0.3) is 0 Å². The molecule has 1 unspecified atom stereocenters.